The molecular formula is C17H36IN3O2. The number of rotatable bonds is 9. The van der Waals surface area contributed by atoms with Gasteiger partial charge in [0.15, 0.2) is 5.96 Å². The second kappa shape index (κ2) is 14.3. The van der Waals surface area contributed by atoms with E-state index >= 15 is 0 Å². The summed E-state index contributed by atoms with van der Waals surface area (Å²) in [6, 6.07) is 0. The minimum absolute atomic E-state index is 0. The van der Waals surface area contributed by atoms with Gasteiger partial charge in [-0.05, 0) is 37.5 Å². The molecule has 0 saturated carbocycles. The summed E-state index contributed by atoms with van der Waals surface area (Å²) in [6.07, 6.45) is 4.73. The van der Waals surface area contributed by atoms with Gasteiger partial charge in [0.25, 0.3) is 0 Å². The van der Waals surface area contributed by atoms with Gasteiger partial charge < -0.3 is 19.7 Å². The van der Waals surface area contributed by atoms with Crippen molar-refractivity contribution >= 4 is 29.9 Å². The Hall–Kier alpha value is -0.0800. The monoisotopic (exact) mass is 441 g/mol. The molecule has 0 spiro atoms. The van der Waals surface area contributed by atoms with Crippen LogP contribution in [0.4, 0.5) is 0 Å². The van der Waals surface area contributed by atoms with E-state index < -0.39 is 0 Å². The SMILES string of the molecule is CN=C(NCCOCCC(C)C)N(C)CCC1CCOCC1.I. The highest BCUT2D eigenvalue weighted by atomic mass is 127. The van der Waals surface area contributed by atoms with Gasteiger partial charge >= 0.3 is 0 Å². The number of halogens is 1. The highest BCUT2D eigenvalue weighted by Crippen LogP contribution is 2.18. The first-order chi connectivity index (χ1) is 10.6. The summed E-state index contributed by atoms with van der Waals surface area (Å²) in [5, 5.41) is 3.37. The Balaban J connectivity index is 0.00000484. The summed E-state index contributed by atoms with van der Waals surface area (Å²) >= 11 is 0. The second-order valence-corrected chi connectivity index (χ2v) is 6.53. The average molecular weight is 441 g/mol. The average Bonchev–Trinajstić information content (AvgIpc) is 2.52. The van der Waals surface area contributed by atoms with Gasteiger partial charge in [0.1, 0.15) is 0 Å². The zero-order valence-corrected chi connectivity index (χ0v) is 17.7. The normalized spacial score (nSPS) is 16.3. The molecule has 1 N–H and O–H groups in total. The number of nitrogens with zero attached hydrogens (tertiary/aromatic N) is 2. The molecule has 1 fully saturated rings. The fraction of sp³-hybridized carbons (Fsp3) is 0.941. The van der Waals surface area contributed by atoms with Crippen LogP contribution in [0.1, 0.15) is 39.5 Å². The molecule has 0 aromatic heterocycles. The van der Waals surface area contributed by atoms with Crippen molar-refractivity contribution in [2.75, 3.05) is 53.6 Å². The lowest BCUT2D eigenvalue weighted by Gasteiger charge is -2.26. The molecule has 1 saturated heterocycles. The van der Waals surface area contributed by atoms with Crippen LogP contribution in [0.5, 0.6) is 0 Å². The van der Waals surface area contributed by atoms with Gasteiger partial charge in [-0.2, -0.15) is 0 Å². The summed E-state index contributed by atoms with van der Waals surface area (Å²) in [5.41, 5.74) is 0. The van der Waals surface area contributed by atoms with E-state index in [2.05, 4.69) is 36.1 Å². The molecule has 5 nitrogen and oxygen atoms in total. The Morgan fingerprint density at radius 1 is 1.30 bits per heavy atom. The lowest BCUT2D eigenvalue weighted by atomic mass is 9.96. The van der Waals surface area contributed by atoms with Crippen molar-refractivity contribution in [3.63, 3.8) is 0 Å². The second-order valence-electron chi connectivity index (χ2n) is 6.53. The van der Waals surface area contributed by atoms with Gasteiger partial charge in [-0.25, -0.2) is 0 Å². The van der Waals surface area contributed by atoms with Gasteiger partial charge in [0, 0.05) is 47.0 Å². The smallest absolute Gasteiger partial charge is 0.193 e. The molecule has 0 aliphatic carbocycles. The molecule has 0 bridgehead atoms. The number of ether oxygens (including phenoxy) is 2. The standard InChI is InChI=1S/C17H35N3O2.HI/c1-15(2)6-11-22-14-9-19-17(18-3)20(4)10-5-16-7-12-21-13-8-16;/h15-16H,5-14H2,1-4H3,(H,18,19);1H. The number of hydrogen-bond acceptors (Lipinski definition) is 3. The molecule has 1 aliphatic heterocycles. The number of guanidine groups is 1. The number of aliphatic imine (C=N–C) groups is 1. The van der Waals surface area contributed by atoms with Crippen molar-refractivity contribution in [2.24, 2.45) is 16.8 Å². The molecule has 6 heteroatoms. The van der Waals surface area contributed by atoms with E-state index in [0.29, 0.717) is 5.92 Å². The summed E-state index contributed by atoms with van der Waals surface area (Å²) in [6.45, 7) is 9.72. The van der Waals surface area contributed by atoms with Crippen LogP contribution in [-0.2, 0) is 9.47 Å². The number of nitrogens with one attached hydrogen (secondary N) is 1. The van der Waals surface area contributed by atoms with E-state index in [9.17, 15) is 0 Å². The molecule has 1 aliphatic rings. The van der Waals surface area contributed by atoms with Gasteiger partial charge in [-0.1, -0.05) is 13.8 Å². The minimum atomic E-state index is 0. The zero-order valence-electron chi connectivity index (χ0n) is 15.3. The molecule has 138 valence electrons. The summed E-state index contributed by atoms with van der Waals surface area (Å²) in [4.78, 5) is 6.56. The topological polar surface area (TPSA) is 46.1 Å². The molecule has 0 aromatic carbocycles. The molecule has 0 radical (unpaired) electrons. The van der Waals surface area contributed by atoms with Gasteiger partial charge in [0.05, 0.1) is 6.61 Å². The first-order valence-electron chi connectivity index (χ1n) is 8.70. The Bertz CT molecular complexity index is 308. The van der Waals surface area contributed by atoms with Crippen LogP contribution in [0.25, 0.3) is 0 Å². The molecule has 0 unspecified atom stereocenters. The minimum Gasteiger partial charge on any atom is -0.381 e. The van der Waals surface area contributed by atoms with Crippen LogP contribution < -0.4 is 5.32 Å². The maximum Gasteiger partial charge on any atom is 0.193 e. The van der Waals surface area contributed by atoms with Crippen LogP contribution in [0, 0.1) is 11.8 Å². The van der Waals surface area contributed by atoms with E-state index in [1.54, 1.807) is 0 Å². The maximum absolute atomic E-state index is 5.62. The zero-order chi connectivity index (χ0) is 16.2. The lowest BCUT2D eigenvalue weighted by Crippen LogP contribution is -2.41. The molecule has 0 aromatic rings. The molecule has 1 heterocycles. The van der Waals surface area contributed by atoms with Crippen molar-refractivity contribution in [3.05, 3.63) is 0 Å². The Labute approximate surface area is 159 Å². The third-order valence-electron chi connectivity index (χ3n) is 4.16. The predicted molar refractivity (Wildman–Crippen MR) is 108 cm³/mol. The van der Waals surface area contributed by atoms with Crippen molar-refractivity contribution in [3.8, 4) is 0 Å². The van der Waals surface area contributed by atoms with Crippen LogP contribution in [0.3, 0.4) is 0 Å². The number of hydrogen-bond donors (Lipinski definition) is 1. The summed E-state index contributed by atoms with van der Waals surface area (Å²) in [5.74, 6) is 2.46. The van der Waals surface area contributed by atoms with Crippen molar-refractivity contribution in [2.45, 2.75) is 39.5 Å². The summed E-state index contributed by atoms with van der Waals surface area (Å²) < 4.78 is 11.0. The van der Waals surface area contributed by atoms with Gasteiger partial charge in [-0.15, -0.1) is 24.0 Å². The highest BCUT2D eigenvalue weighted by molar-refractivity contribution is 14.0. The molecule has 0 atom stereocenters. The van der Waals surface area contributed by atoms with Crippen molar-refractivity contribution < 1.29 is 9.47 Å². The molecule has 1 rings (SSSR count). The Morgan fingerprint density at radius 3 is 2.61 bits per heavy atom. The Kier molecular flexibility index (Phi) is 14.2. The third kappa shape index (κ3) is 11.2. The van der Waals surface area contributed by atoms with E-state index in [-0.39, 0.29) is 24.0 Å². The van der Waals surface area contributed by atoms with Crippen LogP contribution >= 0.6 is 24.0 Å². The van der Waals surface area contributed by atoms with Crippen molar-refractivity contribution in [1.82, 2.24) is 10.2 Å². The van der Waals surface area contributed by atoms with Gasteiger partial charge in [-0.3, -0.25) is 4.99 Å². The van der Waals surface area contributed by atoms with Crippen LogP contribution in [-0.4, -0.2) is 64.5 Å². The van der Waals surface area contributed by atoms with Crippen LogP contribution in [0.2, 0.25) is 0 Å². The third-order valence-corrected chi connectivity index (χ3v) is 4.16. The van der Waals surface area contributed by atoms with Crippen LogP contribution in [0.15, 0.2) is 4.99 Å². The fourth-order valence-electron chi connectivity index (χ4n) is 2.56. The molecular weight excluding hydrogens is 405 g/mol. The van der Waals surface area contributed by atoms with E-state index in [0.717, 1.165) is 57.8 Å². The predicted octanol–water partition coefficient (Wildman–Crippen LogP) is 2.99. The lowest BCUT2D eigenvalue weighted by molar-refractivity contribution is 0.0625. The first kappa shape index (κ1) is 22.9. The van der Waals surface area contributed by atoms with E-state index in [1.807, 2.05) is 7.05 Å². The summed E-state index contributed by atoms with van der Waals surface area (Å²) in [7, 11) is 3.95. The molecule has 23 heavy (non-hydrogen) atoms. The van der Waals surface area contributed by atoms with Gasteiger partial charge in [0.2, 0.25) is 0 Å². The largest absolute Gasteiger partial charge is 0.381 e. The Morgan fingerprint density at radius 2 is 2.00 bits per heavy atom. The maximum atomic E-state index is 5.62. The first-order valence-corrected chi connectivity index (χ1v) is 8.70. The van der Waals surface area contributed by atoms with Crippen molar-refractivity contribution in [1.29, 1.82) is 0 Å². The molecule has 0 amide bonds. The quantitative estimate of drug-likeness (QED) is 0.259. The fourth-order valence-corrected chi connectivity index (χ4v) is 2.56. The van der Waals surface area contributed by atoms with E-state index in [4.69, 9.17) is 9.47 Å². The highest BCUT2D eigenvalue weighted by Gasteiger charge is 2.15. The van der Waals surface area contributed by atoms with E-state index in [1.165, 1.54) is 19.3 Å².